The van der Waals surface area contributed by atoms with E-state index in [0.29, 0.717) is 31.6 Å². The largest absolute Gasteiger partial charge is 0.481 e. The molecule has 1 amide bonds. The van der Waals surface area contributed by atoms with Crippen molar-refractivity contribution in [3.63, 3.8) is 0 Å². The molecule has 1 N–H and O–H groups in total. The zero-order chi connectivity index (χ0) is 18.9. The lowest BCUT2D eigenvalue weighted by atomic mass is 10.1. The number of carbonyl (C=O) groups is 2. The summed E-state index contributed by atoms with van der Waals surface area (Å²) in [5.41, 5.74) is 0.897. The van der Waals surface area contributed by atoms with Gasteiger partial charge in [-0.15, -0.1) is 0 Å². The number of nitrogens with zero attached hydrogens (tertiary/aromatic N) is 2. The number of carboxylic acids is 1. The van der Waals surface area contributed by atoms with Crippen molar-refractivity contribution in [2.75, 3.05) is 26.2 Å². The molecule has 0 aliphatic carbocycles. The second-order valence-corrected chi connectivity index (χ2v) is 8.93. The fourth-order valence-corrected chi connectivity index (χ4v) is 5.35. The molecule has 7 nitrogen and oxygen atoms in total. The van der Waals surface area contributed by atoms with Gasteiger partial charge in [0.2, 0.25) is 10.0 Å². The summed E-state index contributed by atoms with van der Waals surface area (Å²) in [5.74, 6) is -1.78. The minimum atomic E-state index is -3.63. The van der Waals surface area contributed by atoms with Gasteiger partial charge in [0.1, 0.15) is 0 Å². The first kappa shape index (κ1) is 18.8. The number of amides is 1. The second kappa shape index (κ2) is 7.36. The van der Waals surface area contributed by atoms with E-state index in [4.69, 9.17) is 5.11 Å². The van der Waals surface area contributed by atoms with Gasteiger partial charge in [-0.05, 0) is 43.9 Å². The quantitative estimate of drug-likeness (QED) is 0.858. The van der Waals surface area contributed by atoms with E-state index in [2.05, 4.69) is 0 Å². The van der Waals surface area contributed by atoms with Crippen LogP contribution in [0.15, 0.2) is 23.1 Å². The van der Waals surface area contributed by atoms with E-state index < -0.39 is 21.9 Å². The Labute approximate surface area is 153 Å². The van der Waals surface area contributed by atoms with Crippen LogP contribution in [0.1, 0.15) is 41.6 Å². The lowest BCUT2D eigenvalue weighted by molar-refractivity contribution is -0.141. The summed E-state index contributed by atoms with van der Waals surface area (Å²) in [6.07, 6.45) is 3.15. The van der Waals surface area contributed by atoms with Gasteiger partial charge in [0.15, 0.2) is 0 Å². The van der Waals surface area contributed by atoms with Crippen LogP contribution in [0.2, 0.25) is 0 Å². The molecule has 2 heterocycles. The molecule has 2 aliphatic rings. The molecule has 142 valence electrons. The molecule has 2 fully saturated rings. The highest BCUT2D eigenvalue weighted by Crippen LogP contribution is 2.26. The third-order valence-corrected chi connectivity index (χ3v) is 7.23. The molecule has 0 bridgehead atoms. The molecule has 1 unspecified atom stereocenters. The van der Waals surface area contributed by atoms with Gasteiger partial charge in [0.25, 0.3) is 5.91 Å². The molecule has 8 heteroatoms. The Morgan fingerprint density at radius 1 is 1.12 bits per heavy atom. The number of hydrogen-bond donors (Lipinski definition) is 1. The van der Waals surface area contributed by atoms with Crippen molar-refractivity contribution < 1.29 is 23.1 Å². The number of hydrogen-bond acceptors (Lipinski definition) is 4. The highest BCUT2D eigenvalue weighted by molar-refractivity contribution is 7.89. The van der Waals surface area contributed by atoms with Gasteiger partial charge >= 0.3 is 5.97 Å². The first-order valence-electron chi connectivity index (χ1n) is 8.93. The molecular formula is C18H24N2O5S. The Morgan fingerprint density at radius 3 is 2.42 bits per heavy atom. The van der Waals surface area contributed by atoms with Crippen LogP contribution in [0, 0.1) is 12.8 Å². The van der Waals surface area contributed by atoms with Crippen LogP contribution in [0.4, 0.5) is 0 Å². The molecule has 0 saturated carbocycles. The van der Waals surface area contributed by atoms with Crippen LogP contribution in [0.3, 0.4) is 0 Å². The molecule has 1 atom stereocenters. The summed E-state index contributed by atoms with van der Waals surface area (Å²) in [5, 5.41) is 9.09. The Bertz CT molecular complexity index is 815. The van der Waals surface area contributed by atoms with Crippen LogP contribution >= 0.6 is 0 Å². The van der Waals surface area contributed by atoms with Crippen molar-refractivity contribution in [3.05, 3.63) is 29.3 Å². The van der Waals surface area contributed by atoms with E-state index in [1.807, 2.05) is 0 Å². The number of piperidine rings is 1. The van der Waals surface area contributed by atoms with Gasteiger partial charge in [-0.3, -0.25) is 9.59 Å². The molecule has 2 saturated heterocycles. The van der Waals surface area contributed by atoms with E-state index in [9.17, 15) is 18.0 Å². The normalized spacial score (nSPS) is 21.7. The fourth-order valence-electron chi connectivity index (χ4n) is 3.58. The Balaban J connectivity index is 1.86. The standard InChI is InChI=1S/C18H24N2O5S/c1-13-5-6-14(17(21)19-10-7-15(12-19)18(22)23)11-16(13)26(24,25)20-8-3-2-4-9-20/h5-6,11,15H,2-4,7-10,12H2,1H3,(H,22,23). The summed E-state index contributed by atoms with van der Waals surface area (Å²) in [7, 11) is -3.63. The predicted octanol–water partition coefficient (Wildman–Crippen LogP) is 1.72. The van der Waals surface area contributed by atoms with Crippen LogP contribution in [0.5, 0.6) is 0 Å². The Morgan fingerprint density at radius 2 is 1.81 bits per heavy atom. The SMILES string of the molecule is Cc1ccc(C(=O)N2CCC(C(=O)O)C2)cc1S(=O)(=O)N1CCCCC1. The number of aliphatic carboxylic acids is 1. The molecule has 0 aromatic heterocycles. The molecule has 3 rings (SSSR count). The van der Waals surface area contributed by atoms with Gasteiger partial charge in [0, 0.05) is 31.7 Å². The smallest absolute Gasteiger partial charge is 0.308 e. The van der Waals surface area contributed by atoms with Gasteiger partial charge in [-0.1, -0.05) is 12.5 Å². The first-order valence-corrected chi connectivity index (χ1v) is 10.4. The second-order valence-electron chi connectivity index (χ2n) is 7.02. The Hall–Kier alpha value is -1.93. The van der Waals surface area contributed by atoms with Crippen LogP contribution in [0.25, 0.3) is 0 Å². The molecule has 1 aromatic carbocycles. The average Bonchev–Trinajstić information content (AvgIpc) is 3.12. The van der Waals surface area contributed by atoms with E-state index in [1.165, 1.54) is 15.3 Å². The molecule has 26 heavy (non-hydrogen) atoms. The maximum atomic E-state index is 13.0. The topological polar surface area (TPSA) is 95.0 Å². The Kier molecular flexibility index (Phi) is 5.34. The molecule has 1 aromatic rings. The summed E-state index contributed by atoms with van der Waals surface area (Å²) < 4.78 is 27.4. The predicted molar refractivity (Wildman–Crippen MR) is 95.4 cm³/mol. The monoisotopic (exact) mass is 380 g/mol. The van der Waals surface area contributed by atoms with Crippen molar-refractivity contribution in [1.29, 1.82) is 0 Å². The highest BCUT2D eigenvalue weighted by Gasteiger charge is 2.33. The lowest BCUT2D eigenvalue weighted by Gasteiger charge is -2.27. The maximum absolute atomic E-state index is 13.0. The number of carbonyl (C=O) groups excluding carboxylic acids is 1. The van der Waals surface area contributed by atoms with E-state index in [1.54, 1.807) is 19.1 Å². The maximum Gasteiger partial charge on any atom is 0.308 e. The summed E-state index contributed by atoms with van der Waals surface area (Å²) in [6.45, 7) is 3.27. The number of likely N-dealkylation sites (tertiary alicyclic amines) is 1. The number of sulfonamides is 1. The molecule has 0 radical (unpaired) electrons. The van der Waals surface area contributed by atoms with Crippen LogP contribution < -0.4 is 0 Å². The lowest BCUT2D eigenvalue weighted by Crippen LogP contribution is -2.36. The minimum absolute atomic E-state index is 0.163. The molecule has 2 aliphatic heterocycles. The van der Waals surface area contributed by atoms with Crippen molar-refractivity contribution in [2.24, 2.45) is 5.92 Å². The van der Waals surface area contributed by atoms with Crippen molar-refractivity contribution in [2.45, 2.75) is 37.5 Å². The van der Waals surface area contributed by atoms with Gasteiger partial charge in [-0.2, -0.15) is 4.31 Å². The summed E-state index contributed by atoms with van der Waals surface area (Å²) in [4.78, 5) is 25.4. The summed E-state index contributed by atoms with van der Waals surface area (Å²) in [6, 6.07) is 4.70. The summed E-state index contributed by atoms with van der Waals surface area (Å²) >= 11 is 0. The van der Waals surface area contributed by atoms with Crippen molar-refractivity contribution in [1.82, 2.24) is 9.21 Å². The molecular weight excluding hydrogens is 356 g/mol. The number of rotatable bonds is 4. The number of aryl methyl sites for hydroxylation is 1. The fraction of sp³-hybridized carbons (Fsp3) is 0.556. The number of benzene rings is 1. The van der Waals surface area contributed by atoms with Crippen molar-refractivity contribution >= 4 is 21.9 Å². The number of carboxylic acid groups (broad SMARTS) is 1. The van der Waals surface area contributed by atoms with E-state index in [-0.39, 0.29) is 22.9 Å². The van der Waals surface area contributed by atoms with Gasteiger partial charge in [0.05, 0.1) is 10.8 Å². The third kappa shape index (κ3) is 3.61. The van der Waals surface area contributed by atoms with Gasteiger partial charge < -0.3 is 10.0 Å². The zero-order valence-corrected chi connectivity index (χ0v) is 15.7. The zero-order valence-electron chi connectivity index (χ0n) is 14.8. The van der Waals surface area contributed by atoms with E-state index >= 15 is 0 Å². The molecule has 0 spiro atoms. The van der Waals surface area contributed by atoms with Gasteiger partial charge in [-0.25, -0.2) is 8.42 Å². The third-order valence-electron chi connectivity index (χ3n) is 5.19. The van der Waals surface area contributed by atoms with Crippen molar-refractivity contribution in [3.8, 4) is 0 Å². The minimum Gasteiger partial charge on any atom is -0.481 e. The highest BCUT2D eigenvalue weighted by atomic mass is 32.2. The van der Waals surface area contributed by atoms with Crippen LogP contribution in [-0.4, -0.2) is 60.8 Å². The van der Waals surface area contributed by atoms with E-state index in [0.717, 1.165) is 19.3 Å². The average molecular weight is 380 g/mol. The van der Waals surface area contributed by atoms with Crippen LogP contribution in [-0.2, 0) is 14.8 Å². The first-order chi connectivity index (χ1) is 12.3.